The number of nitrogens with zero attached hydrogens (tertiary/aromatic N) is 4. The van der Waals surface area contributed by atoms with Gasteiger partial charge in [0.25, 0.3) is 0 Å². The minimum Gasteiger partial charge on any atom is -0.369 e. The van der Waals surface area contributed by atoms with E-state index in [1.807, 2.05) is 38.2 Å². The molecule has 0 amide bonds. The molecule has 0 radical (unpaired) electrons. The topological polar surface area (TPSA) is 80.1 Å². The lowest BCUT2D eigenvalue weighted by molar-refractivity contribution is -0.0352. The Hall–Kier alpha value is -2.51. The summed E-state index contributed by atoms with van der Waals surface area (Å²) in [6.45, 7) is 7.08. The number of nitrogens with one attached hydrogen (secondary N) is 1. The molecule has 3 aromatic rings. The van der Waals surface area contributed by atoms with Gasteiger partial charge in [0.2, 0.25) is 0 Å². The molecule has 1 N–H and O–H groups in total. The zero-order valence-corrected chi connectivity index (χ0v) is 14.4. The van der Waals surface area contributed by atoms with Crippen LogP contribution in [0.25, 0.3) is 11.3 Å². The van der Waals surface area contributed by atoms with Gasteiger partial charge in [0, 0.05) is 31.5 Å². The standard InChI is InChI=1S/C18H21N5O2/c1-12-18(13(2)25-22-12)16-5-3-4-15(21-16)17-10-23(6-7-24-17)9-14-8-19-11-20-14/h3-5,8,11,17H,6-7,9-10H2,1-2H3,(H,19,20)/t17-/m1/s1. The molecule has 4 rings (SSSR count). The van der Waals surface area contributed by atoms with Crippen LogP contribution in [0.3, 0.4) is 0 Å². The number of aromatic nitrogens is 4. The zero-order valence-electron chi connectivity index (χ0n) is 14.4. The third-order valence-corrected chi connectivity index (χ3v) is 4.49. The van der Waals surface area contributed by atoms with E-state index in [9.17, 15) is 0 Å². The minimum atomic E-state index is -0.0444. The van der Waals surface area contributed by atoms with Crippen molar-refractivity contribution in [3.05, 3.63) is 53.6 Å². The third-order valence-electron chi connectivity index (χ3n) is 4.49. The molecule has 4 heterocycles. The molecule has 25 heavy (non-hydrogen) atoms. The fourth-order valence-corrected chi connectivity index (χ4v) is 3.26. The van der Waals surface area contributed by atoms with Gasteiger partial charge in [-0.3, -0.25) is 4.90 Å². The molecule has 3 aromatic heterocycles. The second-order valence-corrected chi connectivity index (χ2v) is 6.32. The van der Waals surface area contributed by atoms with Crippen molar-refractivity contribution < 1.29 is 9.26 Å². The summed E-state index contributed by atoms with van der Waals surface area (Å²) in [6.07, 6.45) is 3.53. The number of hydrogen-bond donors (Lipinski definition) is 1. The van der Waals surface area contributed by atoms with Crippen molar-refractivity contribution >= 4 is 0 Å². The molecule has 0 aliphatic carbocycles. The van der Waals surface area contributed by atoms with Crippen molar-refractivity contribution in [2.45, 2.75) is 26.5 Å². The van der Waals surface area contributed by atoms with Crippen LogP contribution in [0.4, 0.5) is 0 Å². The minimum absolute atomic E-state index is 0.0444. The number of H-pyrrole nitrogens is 1. The van der Waals surface area contributed by atoms with Crippen molar-refractivity contribution in [1.82, 2.24) is 25.0 Å². The first kappa shape index (κ1) is 16.0. The van der Waals surface area contributed by atoms with Crippen molar-refractivity contribution in [2.75, 3.05) is 19.7 Å². The number of ether oxygens (including phenoxy) is 1. The van der Waals surface area contributed by atoms with Gasteiger partial charge < -0.3 is 14.2 Å². The largest absolute Gasteiger partial charge is 0.369 e. The molecular weight excluding hydrogens is 318 g/mol. The molecule has 1 saturated heterocycles. The lowest BCUT2D eigenvalue weighted by Gasteiger charge is -2.32. The third kappa shape index (κ3) is 3.33. The fourth-order valence-electron chi connectivity index (χ4n) is 3.26. The van der Waals surface area contributed by atoms with E-state index >= 15 is 0 Å². The SMILES string of the molecule is Cc1noc(C)c1-c1cccc([C@H]2CN(Cc3cnc[nH]3)CCO2)n1. The summed E-state index contributed by atoms with van der Waals surface area (Å²) < 4.78 is 11.2. The summed E-state index contributed by atoms with van der Waals surface area (Å²) in [6, 6.07) is 6.02. The lowest BCUT2D eigenvalue weighted by Crippen LogP contribution is -2.38. The molecular formula is C18H21N5O2. The fraction of sp³-hybridized carbons (Fsp3) is 0.389. The Morgan fingerprint density at radius 3 is 3.00 bits per heavy atom. The van der Waals surface area contributed by atoms with Crippen molar-refractivity contribution in [3.63, 3.8) is 0 Å². The highest BCUT2D eigenvalue weighted by atomic mass is 16.5. The van der Waals surface area contributed by atoms with E-state index < -0.39 is 0 Å². The average Bonchev–Trinajstić information content (AvgIpc) is 3.25. The molecule has 1 aliphatic rings. The van der Waals surface area contributed by atoms with E-state index in [2.05, 4.69) is 20.0 Å². The number of pyridine rings is 1. The molecule has 0 saturated carbocycles. The van der Waals surface area contributed by atoms with Gasteiger partial charge in [-0.2, -0.15) is 0 Å². The lowest BCUT2D eigenvalue weighted by atomic mass is 10.1. The van der Waals surface area contributed by atoms with Crippen LogP contribution in [0.5, 0.6) is 0 Å². The first-order valence-electron chi connectivity index (χ1n) is 8.42. The maximum atomic E-state index is 5.98. The highest BCUT2D eigenvalue weighted by Gasteiger charge is 2.24. The van der Waals surface area contributed by atoms with E-state index in [1.165, 1.54) is 0 Å². The quantitative estimate of drug-likeness (QED) is 0.787. The van der Waals surface area contributed by atoms with Gasteiger partial charge in [0.1, 0.15) is 11.9 Å². The molecule has 7 nitrogen and oxygen atoms in total. The Kier molecular flexibility index (Phi) is 4.33. The Bertz CT molecular complexity index is 824. The van der Waals surface area contributed by atoms with E-state index in [-0.39, 0.29) is 6.10 Å². The van der Waals surface area contributed by atoms with Crippen LogP contribution in [0.2, 0.25) is 0 Å². The molecule has 0 aromatic carbocycles. The molecule has 0 unspecified atom stereocenters. The number of aromatic amines is 1. The maximum absolute atomic E-state index is 5.98. The van der Waals surface area contributed by atoms with Gasteiger partial charge in [0.05, 0.1) is 35.6 Å². The van der Waals surface area contributed by atoms with Crippen LogP contribution in [0.15, 0.2) is 35.2 Å². The number of imidazole rings is 1. The number of rotatable bonds is 4. The molecule has 0 bridgehead atoms. The van der Waals surface area contributed by atoms with Crippen LogP contribution in [0.1, 0.15) is 28.9 Å². The predicted molar refractivity (Wildman–Crippen MR) is 91.8 cm³/mol. The summed E-state index contributed by atoms with van der Waals surface area (Å²) in [4.78, 5) is 14.4. The van der Waals surface area contributed by atoms with E-state index in [0.29, 0.717) is 6.61 Å². The molecule has 1 aliphatic heterocycles. The summed E-state index contributed by atoms with van der Waals surface area (Å²) >= 11 is 0. The first-order chi connectivity index (χ1) is 12.2. The van der Waals surface area contributed by atoms with Crippen LogP contribution in [-0.2, 0) is 11.3 Å². The van der Waals surface area contributed by atoms with Gasteiger partial charge in [-0.25, -0.2) is 9.97 Å². The molecule has 7 heteroatoms. The highest BCUT2D eigenvalue weighted by molar-refractivity contribution is 5.63. The van der Waals surface area contributed by atoms with Gasteiger partial charge in [-0.15, -0.1) is 0 Å². The first-order valence-corrected chi connectivity index (χ1v) is 8.42. The van der Waals surface area contributed by atoms with E-state index in [0.717, 1.165) is 53.7 Å². The monoisotopic (exact) mass is 339 g/mol. The Balaban J connectivity index is 1.54. The molecule has 1 atom stereocenters. The Morgan fingerprint density at radius 2 is 2.24 bits per heavy atom. The second-order valence-electron chi connectivity index (χ2n) is 6.32. The van der Waals surface area contributed by atoms with E-state index in [1.54, 1.807) is 6.33 Å². The van der Waals surface area contributed by atoms with Crippen molar-refractivity contribution in [2.24, 2.45) is 0 Å². The maximum Gasteiger partial charge on any atom is 0.143 e. The number of aryl methyl sites for hydroxylation is 2. The molecule has 0 spiro atoms. The van der Waals surface area contributed by atoms with Gasteiger partial charge in [0.15, 0.2) is 0 Å². The normalized spacial score (nSPS) is 18.6. The van der Waals surface area contributed by atoms with Gasteiger partial charge in [-0.05, 0) is 26.0 Å². The molecule has 130 valence electrons. The van der Waals surface area contributed by atoms with Crippen molar-refractivity contribution in [3.8, 4) is 11.3 Å². The van der Waals surface area contributed by atoms with Crippen molar-refractivity contribution in [1.29, 1.82) is 0 Å². The summed E-state index contributed by atoms with van der Waals surface area (Å²) in [5.41, 5.74) is 4.74. The molecule has 1 fully saturated rings. The average molecular weight is 339 g/mol. The summed E-state index contributed by atoms with van der Waals surface area (Å²) in [5, 5.41) is 4.02. The van der Waals surface area contributed by atoms with Crippen LogP contribution >= 0.6 is 0 Å². The summed E-state index contributed by atoms with van der Waals surface area (Å²) in [7, 11) is 0. The number of morpholine rings is 1. The van der Waals surface area contributed by atoms with Gasteiger partial charge in [-0.1, -0.05) is 11.2 Å². The smallest absolute Gasteiger partial charge is 0.143 e. The zero-order chi connectivity index (χ0) is 17.2. The number of hydrogen-bond acceptors (Lipinski definition) is 6. The van der Waals surface area contributed by atoms with Gasteiger partial charge >= 0.3 is 0 Å². The van der Waals surface area contributed by atoms with Crippen LogP contribution < -0.4 is 0 Å². The Morgan fingerprint density at radius 1 is 1.32 bits per heavy atom. The van der Waals surface area contributed by atoms with Crippen LogP contribution in [-0.4, -0.2) is 44.7 Å². The predicted octanol–water partition coefficient (Wildman–Crippen LogP) is 2.65. The second kappa shape index (κ2) is 6.78. The van der Waals surface area contributed by atoms with Crippen LogP contribution in [0, 0.1) is 13.8 Å². The van der Waals surface area contributed by atoms with E-state index in [4.69, 9.17) is 14.2 Å². The highest BCUT2D eigenvalue weighted by Crippen LogP contribution is 2.28. The Labute approximate surface area is 146 Å². The summed E-state index contributed by atoms with van der Waals surface area (Å²) in [5.74, 6) is 0.785.